The molecular formula is C15H18ClN5O. The number of nitrogens with one attached hydrogen (secondary N) is 1. The lowest BCUT2D eigenvalue weighted by Crippen LogP contribution is -2.01. The van der Waals surface area contributed by atoms with Crippen LogP contribution in [0, 0.1) is 0 Å². The maximum Gasteiger partial charge on any atom is 0.132 e. The number of benzene rings is 1. The average Bonchev–Trinajstić information content (AvgIpc) is 3.30. The summed E-state index contributed by atoms with van der Waals surface area (Å²) in [7, 11) is 0. The maximum absolute atomic E-state index is 6.11. The monoisotopic (exact) mass is 319 g/mol. The Kier molecular flexibility index (Phi) is 5.71. The van der Waals surface area contributed by atoms with E-state index in [-0.39, 0.29) is 6.23 Å². The quantitative estimate of drug-likeness (QED) is 0.458. The lowest BCUT2D eigenvalue weighted by molar-refractivity contribution is 0.415. The number of hydrogen-bond acceptors (Lipinski definition) is 5. The van der Waals surface area contributed by atoms with Crippen molar-refractivity contribution in [3.8, 4) is 0 Å². The molecule has 0 radical (unpaired) electrons. The molecule has 0 saturated carbocycles. The molecule has 22 heavy (non-hydrogen) atoms. The molecule has 2 heterocycles. The number of aromatic nitrogens is 1. The standard InChI is InChI=1S/C13H13ClN4.C2H5NO/c1-2-11(16-8-15)17-12-7-6-9-4-3-5-10(14)13(9)18-12;3-2-1-4-2/h2-8H,1H3,(H2,15,16)(H,17,18);2H,1,3H2/b11-2-;. The summed E-state index contributed by atoms with van der Waals surface area (Å²) in [5, 5.41) is 4.69. The number of halogens is 1. The van der Waals surface area contributed by atoms with Crippen LogP contribution in [0.4, 0.5) is 5.82 Å². The Hall–Kier alpha value is -2.15. The van der Waals surface area contributed by atoms with Crippen molar-refractivity contribution in [2.24, 2.45) is 16.5 Å². The second kappa shape index (κ2) is 7.74. The number of nitrogens with zero attached hydrogens (tertiary/aromatic N) is 2. The lowest BCUT2D eigenvalue weighted by Gasteiger charge is -2.07. The van der Waals surface area contributed by atoms with Gasteiger partial charge in [0.2, 0.25) is 0 Å². The molecule has 1 aliphatic rings. The van der Waals surface area contributed by atoms with E-state index in [1.807, 2.05) is 43.3 Å². The molecule has 3 rings (SSSR count). The number of aliphatic imine (C=N–C) groups is 1. The molecular weight excluding hydrogens is 302 g/mol. The van der Waals surface area contributed by atoms with Gasteiger partial charge in [-0.25, -0.2) is 9.98 Å². The third kappa shape index (κ3) is 4.70. The van der Waals surface area contributed by atoms with Crippen LogP contribution in [0.2, 0.25) is 5.02 Å². The molecule has 1 atom stereocenters. The molecule has 1 fully saturated rings. The van der Waals surface area contributed by atoms with Crippen LogP contribution in [0.25, 0.3) is 10.9 Å². The SMILES string of the molecule is C/C=C(/N=C\N)Nc1ccc2cccc(Cl)c2n1.NC1CO1. The number of pyridine rings is 1. The average molecular weight is 320 g/mol. The van der Waals surface area contributed by atoms with Crippen LogP contribution in [0.3, 0.4) is 0 Å². The van der Waals surface area contributed by atoms with Gasteiger partial charge < -0.3 is 21.5 Å². The zero-order valence-electron chi connectivity index (χ0n) is 12.2. The minimum atomic E-state index is 0.0833. The van der Waals surface area contributed by atoms with Gasteiger partial charge in [0.05, 0.1) is 23.5 Å². The summed E-state index contributed by atoms with van der Waals surface area (Å²) in [6.07, 6.45) is 3.12. The van der Waals surface area contributed by atoms with E-state index in [0.717, 1.165) is 17.5 Å². The molecule has 0 aliphatic carbocycles. The number of anilines is 1. The second-order valence-electron chi connectivity index (χ2n) is 4.46. The van der Waals surface area contributed by atoms with E-state index in [4.69, 9.17) is 23.1 Å². The van der Waals surface area contributed by atoms with Crippen molar-refractivity contribution in [2.45, 2.75) is 13.2 Å². The van der Waals surface area contributed by atoms with Crippen LogP contribution in [-0.2, 0) is 4.74 Å². The van der Waals surface area contributed by atoms with Gasteiger partial charge in [0.1, 0.15) is 17.9 Å². The smallest absolute Gasteiger partial charge is 0.132 e. The molecule has 0 amide bonds. The highest BCUT2D eigenvalue weighted by Crippen LogP contribution is 2.23. The van der Waals surface area contributed by atoms with Gasteiger partial charge in [-0.1, -0.05) is 23.7 Å². The summed E-state index contributed by atoms with van der Waals surface area (Å²) in [5.41, 5.74) is 11.0. The normalized spacial score (nSPS) is 17.2. The molecule has 0 spiro atoms. The number of epoxide rings is 1. The number of hydrogen-bond donors (Lipinski definition) is 3. The highest BCUT2D eigenvalue weighted by molar-refractivity contribution is 6.35. The minimum absolute atomic E-state index is 0.0833. The summed E-state index contributed by atoms with van der Waals surface area (Å²) in [6.45, 7) is 2.63. The summed E-state index contributed by atoms with van der Waals surface area (Å²) >= 11 is 6.11. The number of rotatable bonds is 3. The van der Waals surface area contributed by atoms with Gasteiger partial charge >= 0.3 is 0 Å². The molecule has 6 nitrogen and oxygen atoms in total. The lowest BCUT2D eigenvalue weighted by atomic mass is 10.2. The Morgan fingerprint density at radius 2 is 2.18 bits per heavy atom. The summed E-state index contributed by atoms with van der Waals surface area (Å²) < 4.78 is 4.49. The van der Waals surface area contributed by atoms with Crippen molar-refractivity contribution < 1.29 is 4.74 Å². The first-order valence-corrected chi connectivity index (χ1v) is 7.12. The second-order valence-corrected chi connectivity index (χ2v) is 4.86. The van der Waals surface area contributed by atoms with E-state index in [0.29, 0.717) is 16.7 Å². The maximum atomic E-state index is 6.11. The minimum Gasteiger partial charge on any atom is -0.390 e. The zero-order chi connectivity index (χ0) is 15.9. The van der Waals surface area contributed by atoms with Crippen molar-refractivity contribution in [1.29, 1.82) is 0 Å². The van der Waals surface area contributed by atoms with Crippen molar-refractivity contribution in [3.63, 3.8) is 0 Å². The fourth-order valence-electron chi connectivity index (χ4n) is 1.63. The molecule has 1 aromatic carbocycles. The predicted octanol–water partition coefficient (Wildman–Crippen LogP) is 2.45. The Morgan fingerprint density at radius 1 is 1.45 bits per heavy atom. The first-order chi connectivity index (χ1) is 10.6. The largest absolute Gasteiger partial charge is 0.390 e. The summed E-state index contributed by atoms with van der Waals surface area (Å²) in [4.78, 5) is 8.42. The molecule has 1 unspecified atom stereocenters. The number of ether oxygens (including phenoxy) is 1. The van der Waals surface area contributed by atoms with Gasteiger partial charge in [-0.2, -0.15) is 0 Å². The van der Waals surface area contributed by atoms with E-state index in [1.54, 1.807) is 0 Å². The van der Waals surface area contributed by atoms with Crippen LogP contribution in [-0.4, -0.2) is 24.2 Å². The van der Waals surface area contributed by atoms with Gasteiger partial charge in [-0.15, -0.1) is 0 Å². The molecule has 5 N–H and O–H groups in total. The van der Waals surface area contributed by atoms with Crippen LogP contribution in [0.5, 0.6) is 0 Å². The number of allylic oxidation sites excluding steroid dienone is 1. The van der Waals surface area contributed by atoms with Gasteiger partial charge in [-0.3, -0.25) is 0 Å². The first-order valence-electron chi connectivity index (χ1n) is 6.74. The van der Waals surface area contributed by atoms with Crippen molar-refractivity contribution >= 4 is 34.7 Å². The topological polar surface area (TPSA) is 102 Å². The van der Waals surface area contributed by atoms with E-state index in [9.17, 15) is 0 Å². The number of fused-ring (bicyclic) bond motifs is 1. The third-order valence-electron chi connectivity index (χ3n) is 2.77. The van der Waals surface area contributed by atoms with Gasteiger partial charge in [0.25, 0.3) is 0 Å². The Morgan fingerprint density at radius 3 is 2.77 bits per heavy atom. The third-order valence-corrected chi connectivity index (χ3v) is 3.08. The van der Waals surface area contributed by atoms with Crippen molar-refractivity contribution in [1.82, 2.24) is 4.98 Å². The van der Waals surface area contributed by atoms with E-state index < -0.39 is 0 Å². The zero-order valence-corrected chi connectivity index (χ0v) is 12.9. The van der Waals surface area contributed by atoms with Crippen LogP contribution >= 0.6 is 11.6 Å². The van der Waals surface area contributed by atoms with E-state index in [1.165, 1.54) is 6.34 Å². The van der Waals surface area contributed by atoms with E-state index in [2.05, 4.69) is 20.0 Å². The fourth-order valence-corrected chi connectivity index (χ4v) is 1.85. The molecule has 1 aromatic heterocycles. The van der Waals surface area contributed by atoms with Crippen LogP contribution < -0.4 is 16.8 Å². The van der Waals surface area contributed by atoms with Crippen LogP contribution in [0.15, 0.2) is 47.2 Å². The summed E-state index contributed by atoms with van der Waals surface area (Å²) in [5.74, 6) is 1.31. The highest BCUT2D eigenvalue weighted by atomic mass is 35.5. The molecule has 0 bridgehead atoms. The summed E-state index contributed by atoms with van der Waals surface area (Å²) in [6, 6.07) is 9.50. The molecule has 116 valence electrons. The highest BCUT2D eigenvalue weighted by Gasteiger charge is 2.14. The fraction of sp³-hybridized carbons (Fsp3) is 0.200. The Balaban J connectivity index is 0.000000381. The Bertz CT molecular complexity index is 697. The molecule has 7 heteroatoms. The first kappa shape index (κ1) is 16.2. The van der Waals surface area contributed by atoms with Crippen LogP contribution in [0.1, 0.15) is 6.92 Å². The molecule has 1 aliphatic heterocycles. The van der Waals surface area contributed by atoms with Gasteiger partial charge in [0, 0.05) is 5.39 Å². The predicted molar refractivity (Wildman–Crippen MR) is 90.7 cm³/mol. The van der Waals surface area contributed by atoms with Gasteiger partial charge in [0.15, 0.2) is 0 Å². The number of para-hydroxylation sites is 1. The number of nitrogens with two attached hydrogens (primary N) is 2. The van der Waals surface area contributed by atoms with Crippen molar-refractivity contribution in [3.05, 3.63) is 47.3 Å². The molecule has 1 saturated heterocycles. The molecule has 2 aromatic rings. The van der Waals surface area contributed by atoms with Gasteiger partial charge in [-0.05, 0) is 31.2 Å². The van der Waals surface area contributed by atoms with E-state index >= 15 is 0 Å². The van der Waals surface area contributed by atoms with Crippen molar-refractivity contribution in [2.75, 3.05) is 11.9 Å². The Labute approximate surface area is 133 Å².